The predicted molar refractivity (Wildman–Crippen MR) is 67.0 cm³/mol. The van der Waals surface area contributed by atoms with Crippen molar-refractivity contribution in [3.05, 3.63) is 29.6 Å². The summed E-state index contributed by atoms with van der Waals surface area (Å²) in [6.45, 7) is 3.96. The first-order valence-electron chi connectivity index (χ1n) is 5.63. The van der Waals surface area contributed by atoms with E-state index in [2.05, 4.69) is 5.16 Å². The summed E-state index contributed by atoms with van der Waals surface area (Å²) < 4.78 is 23.5. The largest absolute Gasteiger partial charge is 0.494 e. The Bertz CT molecular complexity index is 564. The van der Waals surface area contributed by atoms with Gasteiger partial charge >= 0.3 is 0 Å². The summed E-state index contributed by atoms with van der Waals surface area (Å²) in [4.78, 5) is 0. The lowest BCUT2D eigenvalue weighted by Crippen LogP contribution is -1.95. The molecule has 0 radical (unpaired) electrons. The zero-order valence-electron chi connectivity index (χ0n) is 10.5. The van der Waals surface area contributed by atoms with Crippen molar-refractivity contribution < 1.29 is 13.7 Å². The molecule has 2 rings (SSSR count). The van der Waals surface area contributed by atoms with Crippen molar-refractivity contribution in [1.82, 2.24) is 5.16 Å². The van der Waals surface area contributed by atoms with Crippen LogP contribution in [0.15, 0.2) is 22.7 Å². The molecule has 0 fully saturated rings. The van der Waals surface area contributed by atoms with E-state index < -0.39 is 5.82 Å². The van der Waals surface area contributed by atoms with Crippen molar-refractivity contribution in [3.8, 4) is 17.0 Å². The summed E-state index contributed by atoms with van der Waals surface area (Å²) in [6, 6.07) is 4.65. The van der Waals surface area contributed by atoms with Gasteiger partial charge in [0, 0.05) is 11.1 Å². The Morgan fingerprint density at radius 1 is 1.39 bits per heavy atom. The second-order valence-electron chi connectivity index (χ2n) is 4.31. The van der Waals surface area contributed by atoms with Crippen molar-refractivity contribution >= 4 is 5.88 Å². The van der Waals surface area contributed by atoms with Crippen LogP contribution in [-0.4, -0.2) is 12.3 Å². The molecule has 0 bridgehead atoms. The van der Waals surface area contributed by atoms with Crippen molar-refractivity contribution in [2.75, 3.05) is 12.8 Å². The summed E-state index contributed by atoms with van der Waals surface area (Å²) in [6.07, 6.45) is 0. The van der Waals surface area contributed by atoms with Crippen molar-refractivity contribution in [2.24, 2.45) is 0 Å². The number of rotatable bonds is 3. The van der Waals surface area contributed by atoms with Gasteiger partial charge < -0.3 is 15.0 Å². The van der Waals surface area contributed by atoms with Gasteiger partial charge in [0.1, 0.15) is 5.69 Å². The molecule has 1 aromatic heterocycles. The third-order valence-corrected chi connectivity index (χ3v) is 2.76. The van der Waals surface area contributed by atoms with Crippen molar-refractivity contribution in [2.45, 2.75) is 19.8 Å². The van der Waals surface area contributed by atoms with Crippen molar-refractivity contribution in [1.29, 1.82) is 0 Å². The van der Waals surface area contributed by atoms with Crippen LogP contribution in [0.5, 0.6) is 5.75 Å². The van der Waals surface area contributed by atoms with Crippen LogP contribution < -0.4 is 10.5 Å². The van der Waals surface area contributed by atoms with Gasteiger partial charge in [-0.3, -0.25) is 0 Å². The molecule has 5 heteroatoms. The summed E-state index contributed by atoms with van der Waals surface area (Å²) in [5, 5.41) is 3.90. The third kappa shape index (κ3) is 2.03. The van der Waals surface area contributed by atoms with E-state index >= 15 is 0 Å². The van der Waals surface area contributed by atoms with Crippen LogP contribution in [0.2, 0.25) is 0 Å². The van der Waals surface area contributed by atoms with Crippen LogP contribution in [0.25, 0.3) is 11.3 Å². The van der Waals surface area contributed by atoms with Gasteiger partial charge in [-0.05, 0) is 24.1 Å². The molecule has 4 nitrogen and oxygen atoms in total. The lowest BCUT2D eigenvalue weighted by Gasteiger charge is -2.07. The minimum Gasteiger partial charge on any atom is -0.494 e. The zero-order chi connectivity index (χ0) is 13.3. The Morgan fingerprint density at radius 2 is 2.11 bits per heavy atom. The Kier molecular flexibility index (Phi) is 3.23. The maximum Gasteiger partial charge on any atom is 0.226 e. The Morgan fingerprint density at radius 3 is 2.67 bits per heavy atom. The summed E-state index contributed by atoms with van der Waals surface area (Å²) in [5.41, 5.74) is 7.71. The molecular weight excluding hydrogens is 235 g/mol. The maximum absolute atomic E-state index is 13.7. The number of halogens is 1. The fourth-order valence-corrected chi connectivity index (χ4v) is 1.89. The molecule has 1 heterocycles. The highest BCUT2D eigenvalue weighted by Crippen LogP contribution is 2.34. The first-order chi connectivity index (χ1) is 8.54. The molecule has 18 heavy (non-hydrogen) atoms. The van der Waals surface area contributed by atoms with E-state index in [1.807, 2.05) is 13.8 Å². The smallest absolute Gasteiger partial charge is 0.226 e. The molecular formula is C13H15FN2O2. The molecule has 0 unspecified atom stereocenters. The van der Waals surface area contributed by atoms with E-state index in [-0.39, 0.29) is 17.6 Å². The number of ether oxygens (including phenoxy) is 1. The molecule has 0 aliphatic rings. The second kappa shape index (κ2) is 4.68. The molecule has 0 atom stereocenters. The maximum atomic E-state index is 13.7. The molecule has 0 spiro atoms. The molecule has 0 aliphatic heterocycles. The highest BCUT2D eigenvalue weighted by atomic mass is 19.1. The van der Waals surface area contributed by atoms with Gasteiger partial charge in [-0.15, -0.1) is 0 Å². The van der Waals surface area contributed by atoms with E-state index in [1.54, 1.807) is 12.1 Å². The van der Waals surface area contributed by atoms with Crippen LogP contribution in [0.4, 0.5) is 10.3 Å². The number of anilines is 1. The average molecular weight is 250 g/mol. The van der Waals surface area contributed by atoms with Crippen LogP contribution in [-0.2, 0) is 0 Å². The minimum atomic E-state index is -0.439. The van der Waals surface area contributed by atoms with Gasteiger partial charge in [0.15, 0.2) is 11.6 Å². The van der Waals surface area contributed by atoms with Gasteiger partial charge in [0.25, 0.3) is 0 Å². The first kappa shape index (κ1) is 12.4. The van der Waals surface area contributed by atoms with E-state index in [9.17, 15) is 4.39 Å². The van der Waals surface area contributed by atoms with E-state index in [1.165, 1.54) is 13.2 Å². The summed E-state index contributed by atoms with van der Waals surface area (Å²) in [5.74, 6) is 0.181. The second-order valence-corrected chi connectivity index (χ2v) is 4.31. The number of nitrogens with two attached hydrogens (primary N) is 1. The lowest BCUT2D eigenvalue weighted by molar-refractivity contribution is 0.386. The molecule has 0 saturated heterocycles. The third-order valence-electron chi connectivity index (χ3n) is 2.76. The highest BCUT2D eigenvalue weighted by Gasteiger charge is 2.19. The number of hydrogen-bond donors (Lipinski definition) is 1. The SMILES string of the molecule is COc1ccc(-c2noc(N)c2C(C)C)cc1F. The number of hydrogen-bond acceptors (Lipinski definition) is 4. The number of nitrogen functional groups attached to an aromatic ring is 1. The molecule has 0 aliphatic carbocycles. The van der Waals surface area contributed by atoms with Gasteiger partial charge in [0.2, 0.25) is 5.88 Å². The van der Waals surface area contributed by atoms with Crippen LogP contribution >= 0.6 is 0 Å². The highest BCUT2D eigenvalue weighted by molar-refractivity contribution is 5.68. The summed E-state index contributed by atoms with van der Waals surface area (Å²) >= 11 is 0. The molecule has 2 aromatic rings. The number of nitrogens with zero attached hydrogens (tertiary/aromatic N) is 1. The quantitative estimate of drug-likeness (QED) is 0.908. The van der Waals surface area contributed by atoms with E-state index in [0.29, 0.717) is 11.3 Å². The number of aromatic nitrogens is 1. The Hall–Kier alpha value is -2.04. The molecule has 1 aromatic carbocycles. The molecule has 0 saturated carbocycles. The standard InChI is InChI=1S/C13H15FN2O2/c1-7(2)11-12(16-18-13(11)15)8-4-5-10(17-3)9(14)6-8/h4-7H,15H2,1-3H3. The first-order valence-corrected chi connectivity index (χ1v) is 5.63. The normalized spacial score (nSPS) is 10.9. The van der Waals surface area contributed by atoms with Gasteiger partial charge in [-0.2, -0.15) is 0 Å². The topological polar surface area (TPSA) is 61.3 Å². The van der Waals surface area contributed by atoms with Crippen LogP contribution in [0, 0.1) is 5.82 Å². The molecule has 0 amide bonds. The van der Waals surface area contributed by atoms with Gasteiger partial charge in [-0.25, -0.2) is 4.39 Å². The lowest BCUT2D eigenvalue weighted by atomic mass is 9.99. The van der Waals surface area contributed by atoms with Gasteiger partial charge in [-0.1, -0.05) is 19.0 Å². The predicted octanol–water partition coefficient (Wildman–Crippen LogP) is 3.19. The fourth-order valence-electron chi connectivity index (χ4n) is 1.89. The number of benzene rings is 1. The van der Waals surface area contributed by atoms with Crippen LogP contribution in [0.3, 0.4) is 0 Å². The minimum absolute atomic E-state index is 0.149. The summed E-state index contributed by atoms with van der Waals surface area (Å²) in [7, 11) is 1.42. The molecule has 96 valence electrons. The molecule has 2 N–H and O–H groups in total. The Balaban J connectivity index is 2.52. The fraction of sp³-hybridized carbons (Fsp3) is 0.308. The van der Waals surface area contributed by atoms with Gasteiger partial charge in [0.05, 0.1) is 7.11 Å². The Labute approximate surface area is 105 Å². The zero-order valence-corrected chi connectivity index (χ0v) is 10.5. The average Bonchev–Trinajstić information content (AvgIpc) is 2.71. The monoisotopic (exact) mass is 250 g/mol. The van der Waals surface area contributed by atoms with E-state index in [0.717, 1.165) is 5.56 Å². The van der Waals surface area contributed by atoms with E-state index in [4.69, 9.17) is 15.0 Å². The number of methoxy groups -OCH3 is 1. The van der Waals surface area contributed by atoms with Crippen LogP contribution in [0.1, 0.15) is 25.3 Å². The van der Waals surface area contributed by atoms with Crippen molar-refractivity contribution in [3.63, 3.8) is 0 Å².